The molecule has 1 saturated heterocycles. The summed E-state index contributed by atoms with van der Waals surface area (Å²) in [6.45, 7) is 5.03. The van der Waals surface area contributed by atoms with Gasteiger partial charge in [-0.2, -0.15) is 0 Å². The van der Waals surface area contributed by atoms with Gasteiger partial charge < -0.3 is 15.5 Å². The van der Waals surface area contributed by atoms with Crippen LogP contribution in [0.2, 0.25) is 0 Å². The van der Waals surface area contributed by atoms with E-state index in [2.05, 4.69) is 71.0 Å². The Labute approximate surface area is 254 Å². The van der Waals surface area contributed by atoms with E-state index in [1.165, 1.54) is 11.1 Å². The van der Waals surface area contributed by atoms with Crippen molar-refractivity contribution >= 4 is 17.5 Å². The molecule has 0 saturated carbocycles. The zero-order valence-electron chi connectivity index (χ0n) is 24.8. The number of amides is 2. The Balaban J connectivity index is 1.06. The summed E-state index contributed by atoms with van der Waals surface area (Å²) in [4.78, 5) is 31.0. The molecule has 0 bridgehead atoms. The molecule has 2 amide bonds. The zero-order valence-corrected chi connectivity index (χ0v) is 24.8. The summed E-state index contributed by atoms with van der Waals surface area (Å²) in [5, 5.41) is 6.84. The Kier molecular flexibility index (Phi) is 8.85. The lowest BCUT2D eigenvalue weighted by atomic mass is 10.0. The van der Waals surface area contributed by atoms with Crippen LogP contribution in [0.4, 0.5) is 5.69 Å². The number of likely N-dealkylation sites (tertiary alicyclic amines) is 1. The zero-order chi connectivity index (χ0) is 29.6. The van der Waals surface area contributed by atoms with E-state index in [0.717, 1.165) is 62.1 Å². The van der Waals surface area contributed by atoms with E-state index >= 15 is 0 Å². The fraction of sp³-hybridized carbons (Fsp3) is 0.297. The van der Waals surface area contributed by atoms with E-state index in [9.17, 15) is 9.59 Å². The minimum atomic E-state index is -0.268. The summed E-state index contributed by atoms with van der Waals surface area (Å²) < 4.78 is 0. The summed E-state index contributed by atoms with van der Waals surface area (Å²) in [5.74, 6) is 0.0186. The van der Waals surface area contributed by atoms with Crippen LogP contribution in [-0.2, 0) is 13.0 Å². The van der Waals surface area contributed by atoms with Crippen molar-refractivity contribution in [3.63, 3.8) is 0 Å². The summed E-state index contributed by atoms with van der Waals surface area (Å²) in [6.07, 6.45) is 3.41. The third-order valence-corrected chi connectivity index (χ3v) is 8.79. The minimum absolute atomic E-state index is 0.0365. The van der Waals surface area contributed by atoms with Crippen molar-refractivity contribution in [2.24, 2.45) is 0 Å². The molecule has 2 unspecified atom stereocenters. The standard InChI is InChI=1S/C37H40N4O2/c1-27(16-17-28-10-4-2-5-11-28)41-35(33-14-8-9-15-34(33)37(41)43)38-31-20-18-30(19-21-31)36(42)39-32-22-24-40(25-23-32)26-29-12-6-3-7-13-29/h2-15,18-21,27,32,35,38H,16-17,22-26H2,1H3,(H,39,42). The molecule has 6 heteroatoms. The second-order valence-corrected chi connectivity index (χ2v) is 11.8. The first-order chi connectivity index (χ1) is 21.0. The smallest absolute Gasteiger partial charge is 0.256 e. The van der Waals surface area contributed by atoms with Crippen LogP contribution in [0.25, 0.3) is 0 Å². The lowest BCUT2D eigenvalue weighted by Crippen LogP contribution is -2.44. The number of aryl methyl sites for hydroxylation is 1. The van der Waals surface area contributed by atoms with Crippen molar-refractivity contribution in [2.75, 3.05) is 18.4 Å². The predicted molar refractivity (Wildman–Crippen MR) is 172 cm³/mol. The number of anilines is 1. The van der Waals surface area contributed by atoms with Crippen molar-refractivity contribution < 1.29 is 9.59 Å². The summed E-state index contributed by atoms with van der Waals surface area (Å²) in [5.41, 5.74) is 5.86. The monoisotopic (exact) mass is 572 g/mol. The number of piperidine rings is 1. The van der Waals surface area contributed by atoms with Crippen LogP contribution in [0.5, 0.6) is 0 Å². The molecule has 0 spiro atoms. The average molecular weight is 573 g/mol. The number of nitrogens with one attached hydrogen (secondary N) is 2. The van der Waals surface area contributed by atoms with E-state index < -0.39 is 0 Å². The summed E-state index contributed by atoms with van der Waals surface area (Å²) >= 11 is 0. The van der Waals surface area contributed by atoms with Crippen LogP contribution in [0.15, 0.2) is 109 Å². The number of hydrogen-bond donors (Lipinski definition) is 2. The van der Waals surface area contributed by atoms with Crippen molar-refractivity contribution in [3.8, 4) is 0 Å². The third-order valence-electron chi connectivity index (χ3n) is 8.79. The number of hydrogen-bond acceptors (Lipinski definition) is 4. The highest BCUT2D eigenvalue weighted by Gasteiger charge is 2.39. The Bertz CT molecular complexity index is 1520. The van der Waals surface area contributed by atoms with Crippen molar-refractivity contribution in [1.82, 2.24) is 15.1 Å². The molecule has 2 aliphatic heterocycles. The highest BCUT2D eigenvalue weighted by atomic mass is 16.2. The van der Waals surface area contributed by atoms with E-state index in [1.54, 1.807) is 0 Å². The maximum Gasteiger partial charge on any atom is 0.256 e. The highest BCUT2D eigenvalue weighted by molar-refractivity contribution is 6.00. The maximum absolute atomic E-state index is 13.5. The molecule has 6 rings (SSSR count). The molecule has 4 aromatic rings. The van der Waals surface area contributed by atoms with Gasteiger partial charge in [0.25, 0.3) is 11.8 Å². The lowest BCUT2D eigenvalue weighted by molar-refractivity contribution is 0.0659. The minimum Gasteiger partial charge on any atom is -0.361 e. The molecule has 0 radical (unpaired) electrons. The van der Waals surface area contributed by atoms with E-state index in [4.69, 9.17) is 0 Å². The van der Waals surface area contributed by atoms with Crippen molar-refractivity contribution in [3.05, 3.63) is 137 Å². The molecule has 43 heavy (non-hydrogen) atoms. The topological polar surface area (TPSA) is 64.7 Å². The number of fused-ring (bicyclic) bond motifs is 1. The van der Waals surface area contributed by atoms with Crippen LogP contribution in [0.3, 0.4) is 0 Å². The average Bonchev–Trinajstić information content (AvgIpc) is 3.33. The highest BCUT2D eigenvalue weighted by Crippen LogP contribution is 2.36. The van der Waals surface area contributed by atoms with Gasteiger partial charge in [-0.15, -0.1) is 0 Å². The van der Waals surface area contributed by atoms with Gasteiger partial charge in [0.1, 0.15) is 6.17 Å². The molecule has 2 atom stereocenters. The molecule has 220 valence electrons. The first-order valence-electron chi connectivity index (χ1n) is 15.4. The fourth-order valence-corrected chi connectivity index (χ4v) is 6.32. The maximum atomic E-state index is 13.5. The van der Waals surface area contributed by atoms with Crippen LogP contribution in [-0.4, -0.2) is 46.8 Å². The Morgan fingerprint density at radius 2 is 1.44 bits per heavy atom. The van der Waals surface area contributed by atoms with E-state index in [1.807, 2.05) is 65.6 Å². The van der Waals surface area contributed by atoms with Gasteiger partial charge in [-0.1, -0.05) is 78.9 Å². The first kappa shape index (κ1) is 28.7. The van der Waals surface area contributed by atoms with Crippen molar-refractivity contribution in [1.29, 1.82) is 0 Å². The normalized spacial score (nSPS) is 17.8. The molecular weight excluding hydrogens is 532 g/mol. The van der Waals surface area contributed by atoms with Crippen molar-refractivity contribution in [2.45, 2.75) is 57.4 Å². The third kappa shape index (κ3) is 6.81. The van der Waals surface area contributed by atoms with Crippen LogP contribution < -0.4 is 10.6 Å². The first-order valence-corrected chi connectivity index (χ1v) is 15.4. The molecule has 6 nitrogen and oxygen atoms in total. The molecule has 2 N–H and O–H groups in total. The van der Waals surface area contributed by atoms with Gasteiger partial charge in [-0.05, 0) is 74.1 Å². The van der Waals surface area contributed by atoms with Gasteiger partial charge >= 0.3 is 0 Å². The van der Waals surface area contributed by atoms with Gasteiger partial charge in [0.2, 0.25) is 0 Å². The van der Waals surface area contributed by atoms with Gasteiger partial charge in [0.05, 0.1) is 0 Å². The molecule has 0 aliphatic carbocycles. The van der Waals surface area contributed by atoms with Gasteiger partial charge in [-0.3, -0.25) is 14.5 Å². The second-order valence-electron chi connectivity index (χ2n) is 11.8. The molecule has 2 aliphatic rings. The summed E-state index contributed by atoms with van der Waals surface area (Å²) in [6, 6.07) is 36.7. The number of rotatable bonds is 10. The second kappa shape index (κ2) is 13.3. The number of carbonyl (C=O) groups is 2. The SMILES string of the molecule is CC(CCc1ccccc1)N1C(=O)c2ccccc2C1Nc1ccc(C(=O)NC2CCN(Cc3ccccc3)CC2)cc1. The molecular formula is C37H40N4O2. The lowest BCUT2D eigenvalue weighted by Gasteiger charge is -2.33. The largest absolute Gasteiger partial charge is 0.361 e. The van der Waals surface area contributed by atoms with Gasteiger partial charge in [0.15, 0.2) is 0 Å². The molecule has 0 aromatic heterocycles. The molecule has 4 aromatic carbocycles. The molecule has 1 fully saturated rings. The van der Waals surface area contributed by atoms with Crippen LogP contribution >= 0.6 is 0 Å². The number of nitrogens with zero attached hydrogens (tertiary/aromatic N) is 2. The predicted octanol–water partition coefficient (Wildman–Crippen LogP) is 6.67. The van der Waals surface area contributed by atoms with Gasteiger partial charge in [0, 0.05) is 54.1 Å². The Hall–Kier alpha value is -4.42. The van der Waals surface area contributed by atoms with E-state index in [0.29, 0.717) is 5.56 Å². The fourth-order valence-electron chi connectivity index (χ4n) is 6.32. The van der Waals surface area contributed by atoms with Gasteiger partial charge in [-0.25, -0.2) is 0 Å². The van der Waals surface area contributed by atoms with Crippen LogP contribution in [0, 0.1) is 0 Å². The number of benzene rings is 4. The Morgan fingerprint density at radius 1 is 0.814 bits per heavy atom. The number of carbonyl (C=O) groups excluding carboxylic acids is 2. The Morgan fingerprint density at radius 3 is 2.14 bits per heavy atom. The molecule has 2 heterocycles. The quantitative estimate of drug-likeness (QED) is 0.223. The van der Waals surface area contributed by atoms with E-state index in [-0.39, 0.29) is 30.1 Å². The van der Waals surface area contributed by atoms with Crippen LogP contribution in [0.1, 0.15) is 69.8 Å². The summed E-state index contributed by atoms with van der Waals surface area (Å²) in [7, 11) is 0.